The molecule has 1 fully saturated rings. The summed E-state index contributed by atoms with van der Waals surface area (Å²) < 4.78 is 0.717. The van der Waals surface area contributed by atoms with Crippen molar-refractivity contribution < 1.29 is 9.90 Å². The molecule has 2 rings (SSSR count). The van der Waals surface area contributed by atoms with Gasteiger partial charge >= 0.3 is 0 Å². The number of carbonyl (C=O) groups is 1. The molecule has 0 aliphatic heterocycles. The summed E-state index contributed by atoms with van der Waals surface area (Å²) in [4.78, 5) is 11.8. The second-order valence-electron chi connectivity index (χ2n) is 3.92. The summed E-state index contributed by atoms with van der Waals surface area (Å²) in [5.41, 5.74) is 0.522. The zero-order valence-corrected chi connectivity index (χ0v) is 10.8. The first-order valence-electron chi connectivity index (χ1n) is 5.00. The quantitative estimate of drug-likeness (QED) is 0.881. The van der Waals surface area contributed by atoms with E-state index in [2.05, 4.69) is 21.2 Å². The van der Waals surface area contributed by atoms with Crippen LogP contribution in [-0.4, -0.2) is 23.2 Å². The van der Waals surface area contributed by atoms with E-state index in [1.165, 1.54) is 0 Å². The van der Waals surface area contributed by atoms with Gasteiger partial charge in [0, 0.05) is 15.5 Å². The maximum absolute atomic E-state index is 11.8. The number of benzene rings is 1. The maximum atomic E-state index is 11.8. The fraction of sp³-hybridized carbons (Fsp3) is 0.364. The van der Waals surface area contributed by atoms with Crippen molar-refractivity contribution in [3.05, 3.63) is 33.3 Å². The van der Waals surface area contributed by atoms with Crippen LogP contribution in [0.4, 0.5) is 0 Å². The minimum absolute atomic E-state index is 0.0772. The molecule has 1 aliphatic carbocycles. The normalized spacial score (nSPS) is 23.7. The second kappa shape index (κ2) is 4.73. The molecule has 1 aliphatic rings. The standard InChI is InChI=1S/C11H11BrClNO2/c12-10-2-1-6(13)3-9(10)11(16)14-7-4-8(15)5-7/h1-3,7-8,15H,4-5H2,(H,14,16). The molecule has 0 radical (unpaired) electrons. The zero-order chi connectivity index (χ0) is 11.7. The van der Waals surface area contributed by atoms with Crippen molar-refractivity contribution in [2.45, 2.75) is 25.0 Å². The number of hydrogen-bond acceptors (Lipinski definition) is 2. The topological polar surface area (TPSA) is 49.3 Å². The molecule has 0 bridgehead atoms. The van der Waals surface area contributed by atoms with Crippen LogP contribution in [0.3, 0.4) is 0 Å². The van der Waals surface area contributed by atoms with Crippen LogP contribution in [0.15, 0.2) is 22.7 Å². The molecule has 0 unspecified atom stereocenters. The fourth-order valence-corrected chi connectivity index (χ4v) is 2.24. The smallest absolute Gasteiger partial charge is 0.252 e. The number of hydrogen-bond donors (Lipinski definition) is 2. The highest BCUT2D eigenvalue weighted by molar-refractivity contribution is 9.10. The Hall–Kier alpha value is -0.580. The molecule has 3 nitrogen and oxygen atoms in total. The van der Waals surface area contributed by atoms with Crippen molar-refractivity contribution >= 4 is 33.4 Å². The third-order valence-electron chi connectivity index (χ3n) is 2.62. The van der Waals surface area contributed by atoms with Crippen molar-refractivity contribution in [2.75, 3.05) is 0 Å². The molecule has 1 amide bonds. The van der Waals surface area contributed by atoms with Crippen molar-refractivity contribution in [1.29, 1.82) is 0 Å². The van der Waals surface area contributed by atoms with Crippen LogP contribution in [0.25, 0.3) is 0 Å². The minimum atomic E-state index is -0.270. The number of rotatable bonds is 2. The van der Waals surface area contributed by atoms with Crippen LogP contribution in [0.1, 0.15) is 23.2 Å². The number of amides is 1. The Morgan fingerprint density at radius 3 is 2.81 bits per heavy atom. The third-order valence-corrected chi connectivity index (χ3v) is 3.55. The lowest BCUT2D eigenvalue weighted by molar-refractivity contribution is 0.0562. The van der Waals surface area contributed by atoms with Crippen LogP contribution < -0.4 is 5.32 Å². The molecule has 1 aromatic rings. The highest BCUT2D eigenvalue weighted by Crippen LogP contribution is 2.23. The summed E-state index contributed by atoms with van der Waals surface area (Å²) in [6.07, 6.45) is 0.988. The molecule has 2 N–H and O–H groups in total. The zero-order valence-electron chi connectivity index (χ0n) is 8.41. The number of nitrogens with one attached hydrogen (secondary N) is 1. The Morgan fingerprint density at radius 1 is 1.50 bits per heavy atom. The molecule has 0 heterocycles. The minimum Gasteiger partial charge on any atom is -0.393 e. The first-order chi connectivity index (χ1) is 7.56. The summed E-state index contributed by atoms with van der Waals surface area (Å²) in [5.74, 6) is -0.161. The maximum Gasteiger partial charge on any atom is 0.252 e. The van der Waals surface area contributed by atoms with Gasteiger partial charge in [0.15, 0.2) is 0 Å². The average molecular weight is 305 g/mol. The second-order valence-corrected chi connectivity index (χ2v) is 5.21. The third kappa shape index (κ3) is 2.56. The van der Waals surface area contributed by atoms with Gasteiger partial charge in [0.1, 0.15) is 0 Å². The molecule has 0 saturated heterocycles. The molecule has 0 atom stereocenters. The van der Waals surface area contributed by atoms with Crippen LogP contribution in [0, 0.1) is 0 Å². The molecule has 1 aromatic carbocycles. The summed E-state index contributed by atoms with van der Waals surface area (Å²) in [7, 11) is 0. The monoisotopic (exact) mass is 303 g/mol. The van der Waals surface area contributed by atoms with Gasteiger partial charge in [0.2, 0.25) is 0 Å². The molecular weight excluding hydrogens is 293 g/mol. The number of carbonyl (C=O) groups excluding carboxylic acids is 1. The van der Waals surface area contributed by atoms with E-state index in [1.54, 1.807) is 18.2 Å². The van der Waals surface area contributed by atoms with Crippen molar-refractivity contribution in [3.63, 3.8) is 0 Å². The Bertz CT molecular complexity index is 418. The SMILES string of the molecule is O=C(NC1CC(O)C1)c1cc(Cl)ccc1Br. The van der Waals surface area contributed by atoms with Crippen molar-refractivity contribution in [1.82, 2.24) is 5.32 Å². The van der Waals surface area contributed by atoms with Crippen molar-refractivity contribution in [2.24, 2.45) is 0 Å². The molecule has 5 heteroatoms. The van der Waals surface area contributed by atoms with Gasteiger partial charge in [-0.25, -0.2) is 0 Å². The van der Waals surface area contributed by atoms with E-state index in [1.807, 2.05) is 0 Å². The van der Waals surface area contributed by atoms with E-state index >= 15 is 0 Å². The Balaban J connectivity index is 2.05. The molecule has 0 spiro atoms. The Kier molecular flexibility index (Phi) is 3.52. The molecular formula is C11H11BrClNO2. The lowest BCUT2D eigenvalue weighted by Crippen LogP contribution is -2.46. The highest BCUT2D eigenvalue weighted by atomic mass is 79.9. The largest absolute Gasteiger partial charge is 0.393 e. The number of halogens is 2. The van der Waals surface area contributed by atoms with Gasteiger partial charge in [0.05, 0.1) is 11.7 Å². The summed E-state index contributed by atoms with van der Waals surface area (Å²) in [6.45, 7) is 0. The van der Waals surface area contributed by atoms with E-state index < -0.39 is 0 Å². The number of aliphatic hydroxyl groups is 1. The lowest BCUT2D eigenvalue weighted by atomic mass is 9.89. The molecule has 0 aromatic heterocycles. The van der Waals surface area contributed by atoms with E-state index in [4.69, 9.17) is 16.7 Å². The highest BCUT2D eigenvalue weighted by Gasteiger charge is 2.28. The Labute approximate surface area is 107 Å². The van der Waals surface area contributed by atoms with E-state index in [0.29, 0.717) is 27.9 Å². The molecule has 86 valence electrons. The van der Waals surface area contributed by atoms with Gasteiger partial charge in [-0.1, -0.05) is 11.6 Å². The molecule has 1 saturated carbocycles. The van der Waals surface area contributed by atoms with Gasteiger partial charge in [0.25, 0.3) is 5.91 Å². The summed E-state index contributed by atoms with van der Waals surface area (Å²) >= 11 is 9.13. The van der Waals surface area contributed by atoms with Gasteiger partial charge in [-0.3, -0.25) is 4.79 Å². The number of aliphatic hydroxyl groups excluding tert-OH is 1. The van der Waals surface area contributed by atoms with Crippen LogP contribution in [0.2, 0.25) is 5.02 Å². The average Bonchev–Trinajstić information content (AvgIpc) is 2.19. The van der Waals surface area contributed by atoms with Gasteiger partial charge in [-0.2, -0.15) is 0 Å². The predicted octanol–water partition coefficient (Wildman–Crippen LogP) is 2.36. The van der Waals surface area contributed by atoms with Crippen molar-refractivity contribution in [3.8, 4) is 0 Å². The van der Waals surface area contributed by atoms with E-state index in [9.17, 15) is 4.79 Å². The first kappa shape index (κ1) is 11.9. The van der Waals surface area contributed by atoms with Gasteiger partial charge < -0.3 is 10.4 Å². The van der Waals surface area contributed by atoms with Crippen LogP contribution in [0.5, 0.6) is 0 Å². The van der Waals surface area contributed by atoms with E-state index in [-0.39, 0.29) is 18.1 Å². The lowest BCUT2D eigenvalue weighted by Gasteiger charge is -2.32. The van der Waals surface area contributed by atoms with Crippen LogP contribution >= 0.6 is 27.5 Å². The first-order valence-corrected chi connectivity index (χ1v) is 6.17. The van der Waals surface area contributed by atoms with E-state index in [0.717, 1.165) is 0 Å². The Morgan fingerprint density at radius 2 is 2.19 bits per heavy atom. The van der Waals surface area contributed by atoms with Crippen LogP contribution in [-0.2, 0) is 0 Å². The molecule has 16 heavy (non-hydrogen) atoms. The van der Waals surface area contributed by atoms with Gasteiger partial charge in [-0.05, 0) is 47.0 Å². The fourth-order valence-electron chi connectivity index (χ4n) is 1.64. The summed E-state index contributed by atoms with van der Waals surface area (Å²) in [6, 6.07) is 5.16. The summed E-state index contributed by atoms with van der Waals surface area (Å²) in [5, 5.41) is 12.5. The van der Waals surface area contributed by atoms with Gasteiger partial charge in [-0.15, -0.1) is 0 Å². The predicted molar refractivity (Wildman–Crippen MR) is 65.6 cm³/mol.